The molecule has 1 amide bonds. The summed E-state index contributed by atoms with van der Waals surface area (Å²) < 4.78 is 11.3. The maximum atomic E-state index is 11.9. The summed E-state index contributed by atoms with van der Waals surface area (Å²) in [5.74, 6) is 0.768. The number of nitrogens with zero attached hydrogens (tertiary/aromatic N) is 1. The number of nitrogens with one attached hydrogen (secondary N) is 1. The van der Waals surface area contributed by atoms with E-state index in [2.05, 4.69) is 26.5 Å². The molecule has 0 aromatic heterocycles. The molecule has 0 spiro atoms. The highest BCUT2D eigenvalue weighted by molar-refractivity contribution is 9.10. The first-order valence-corrected chi connectivity index (χ1v) is 7.38. The number of amides is 1. The molecule has 0 saturated carbocycles. The number of hydrogen-bond acceptors (Lipinski definition) is 5. The number of aromatic hydroxyl groups is 1. The van der Waals surface area contributed by atoms with Gasteiger partial charge in [0.05, 0.1) is 20.4 Å². The molecule has 0 saturated heterocycles. The van der Waals surface area contributed by atoms with Crippen molar-refractivity contribution in [1.29, 1.82) is 0 Å². The molecule has 0 aliphatic rings. The lowest BCUT2D eigenvalue weighted by molar-refractivity contribution is 0.0955. The number of ether oxygens (including phenoxy) is 2. The summed E-state index contributed by atoms with van der Waals surface area (Å²) in [5.41, 5.74) is 3.44. The quantitative estimate of drug-likeness (QED) is 0.619. The predicted octanol–water partition coefficient (Wildman–Crippen LogP) is 2.94. The monoisotopic (exact) mass is 378 g/mol. The number of phenolic OH excluding ortho intramolecular Hbond substituents is 1. The van der Waals surface area contributed by atoms with Crippen LogP contribution in [0.3, 0.4) is 0 Å². The zero-order valence-corrected chi connectivity index (χ0v) is 14.1. The third-order valence-electron chi connectivity index (χ3n) is 2.97. The lowest BCUT2D eigenvalue weighted by Crippen LogP contribution is -2.17. The van der Waals surface area contributed by atoms with Crippen LogP contribution in [-0.2, 0) is 0 Å². The third-order valence-corrected chi connectivity index (χ3v) is 3.43. The Hall–Kier alpha value is -2.54. The summed E-state index contributed by atoms with van der Waals surface area (Å²) in [7, 11) is 3.07. The second-order valence-corrected chi connectivity index (χ2v) is 5.39. The maximum absolute atomic E-state index is 11.9. The van der Waals surface area contributed by atoms with E-state index in [0.29, 0.717) is 22.6 Å². The highest BCUT2D eigenvalue weighted by Gasteiger charge is 2.10. The number of hydrogen-bond donors (Lipinski definition) is 2. The Balaban J connectivity index is 2.15. The van der Waals surface area contributed by atoms with E-state index in [0.717, 1.165) is 4.47 Å². The minimum absolute atomic E-state index is 0.0935. The van der Waals surface area contributed by atoms with E-state index in [1.165, 1.54) is 44.7 Å². The molecule has 0 fully saturated rings. The van der Waals surface area contributed by atoms with Crippen LogP contribution in [-0.4, -0.2) is 31.4 Å². The number of rotatable bonds is 5. The molecular weight excluding hydrogens is 364 g/mol. The highest BCUT2D eigenvalue weighted by Crippen LogP contribution is 2.33. The lowest BCUT2D eigenvalue weighted by atomic mass is 10.2. The Bertz CT molecular complexity index is 730. The molecule has 6 nitrogen and oxygen atoms in total. The zero-order valence-electron chi connectivity index (χ0n) is 12.5. The molecule has 0 aliphatic carbocycles. The number of benzene rings is 2. The van der Waals surface area contributed by atoms with Crippen molar-refractivity contribution in [2.45, 2.75) is 0 Å². The van der Waals surface area contributed by atoms with E-state index in [1.807, 2.05) is 0 Å². The molecular formula is C16H15BrN2O4. The van der Waals surface area contributed by atoms with Crippen molar-refractivity contribution in [2.24, 2.45) is 5.10 Å². The molecule has 0 radical (unpaired) electrons. The van der Waals surface area contributed by atoms with Crippen LogP contribution in [0.2, 0.25) is 0 Å². The molecule has 2 N–H and O–H groups in total. The van der Waals surface area contributed by atoms with Crippen LogP contribution in [0.25, 0.3) is 0 Å². The molecule has 0 unspecified atom stereocenters. The standard InChI is InChI=1S/C16H15BrN2O4/c1-22-14-8-12(17)7-11(15(14)23-2)9-18-19-16(21)10-3-5-13(20)6-4-10/h3-9,20H,1-2H3,(H,19,21)/b18-9-. The van der Waals surface area contributed by atoms with Gasteiger partial charge in [0.25, 0.3) is 5.91 Å². The van der Waals surface area contributed by atoms with Gasteiger partial charge in [0.2, 0.25) is 0 Å². The van der Waals surface area contributed by atoms with Crippen molar-refractivity contribution in [3.8, 4) is 17.2 Å². The van der Waals surface area contributed by atoms with E-state index < -0.39 is 0 Å². The van der Waals surface area contributed by atoms with Crippen LogP contribution in [0.15, 0.2) is 46.0 Å². The predicted molar refractivity (Wildman–Crippen MR) is 90.4 cm³/mol. The average molecular weight is 379 g/mol. The van der Waals surface area contributed by atoms with Crippen molar-refractivity contribution in [3.05, 3.63) is 52.0 Å². The van der Waals surface area contributed by atoms with Crippen molar-refractivity contribution >= 4 is 28.1 Å². The van der Waals surface area contributed by atoms with Gasteiger partial charge in [0.15, 0.2) is 11.5 Å². The van der Waals surface area contributed by atoms with Gasteiger partial charge in [-0.1, -0.05) is 15.9 Å². The van der Waals surface area contributed by atoms with Crippen molar-refractivity contribution in [2.75, 3.05) is 14.2 Å². The van der Waals surface area contributed by atoms with Gasteiger partial charge < -0.3 is 14.6 Å². The van der Waals surface area contributed by atoms with Crippen molar-refractivity contribution < 1.29 is 19.4 Å². The van der Waals surface area contributed by atoms with E-state index in [4.69, 9.17) is 9.47 Å². The minimum atomic E-state index is -0.387. The van der Waals surface area contributed by atoms with Gasteiger partial charge in [-0.15, -0.1) is 0 Å². The molecule has 2 rings (SSSR count). The molecule has 0 atom stereocenters. The first-order chi connectivity index (χ1) is 11.0. The van der Waals surface area contributed by atoms with Crippen molar-refractivity contribution in [1.82, 2.24) is 5.43 Å². The average Bonchev–Trinajstić information content (AvgIpc) is 2.54. The van der Waals surface area contributed by atoms with E-state index in [-0.39, 0.29) is 11.7 Å². The molecule has 0 aliphatic heterocycles. The second-order valence-electron chi connectivity index (χ2n) is 4.48. The third kappa shape index (κ3) is 4.23. The van der Waals surface area contributed by atoms with Crippen LogP contribution in [0.5, 0.6) is 17.2 Å². The Kier molecular flexibility index (Phi) is 5.59. The molecule has 2 aromatic carbocycles. The Morgan fingerprint density at radius 2 is 1.91 bits per heavy atom. The van der Waals surface area contributed by atoms with E-state index in [9.17, 15) is 9.90 Å². The largest absolute Gasteiger partial charge is 0.508 e. The fraction of sp³-hybridized carbons (Fsp3) is 0.125. The highest BCUT2D eigenvalue weighted by atomic mass is 79.9. The van der Waals surface area contributed by atoms with E-state index in [1.54, 1.807) is 12.1 Å². The molecule has 7 heteroatoms. The number of carbonyl (C=O) groups excluding carboxylic acids is 1. The summed E-state index contributed by atoms with van der Waals surface area (Å²) >= 11 is 3.37. The topological polar surface area (TPSA) is 80.2 Å². The molecule has 23 heavy (non-hydrogen) atoms. The number of phenols is 1. The zero-order chi connectivity index (χ0) is 16.8. The van der Waals surface area contributed by atoms with Crippen LogP contribution >= 0.6 is 15.9 Å². The van der Waals surface area contributed by atoms with E-state index >= 15 is 0 Å². The smallest absolute Gasteiger partial charge is 0.271 e. The Morgan fingerprint density at radius 1 is 1.22 bits per heavy atom. The van der Waals surface area contributed by atoms with Crippen molar-refractivity contribution in [3.63, 3.8) is 0 Å². The lowest BCUT2D eigenvalue weighted by Gasteiger charge is -2.10. The van der Waals surface area contributed by atoms with Gasteiger partial charge in [-0.25, -0.2) is 5.43 Å². The van der Waals surface area contributed by atoms with Crippen LogP contribution < -0.4 is 14.9 Å². The minimum Gasteiger partial charge on any atom is -0.508 e. The van der Waals surface area contributed by atoms with Crippen LogP contribution in [0.1, 0.15) is 15.9 Å². The summed E-state index contributed by atoms with van der Waals surface area (Å²) in [4.78, 5) is 11.9. The summed E-state index contributed by atoms with van der Waals surface area (Å²) in [6.45, 7) is 0. The number of carbonyl (C=O) groups is 1. The first-order valence-electron chi connectivity index (χ1n) is 6.59. The van der Waals surface area contributed by atoms with Gasteiger partial charge in [-0.3, -0.25) is 4.79 Å². The number of halogens is 1. The molecule has 0 bridgehead atoms. The summed E-state index contributed by atoms with van der Waals surface area (Å²) in [6.07, 6.45) is 1.46. The Labute approximate surface area is 141 Å². The fourth-order valence-corrected chi connectivity index (χ4v) is 2.35. The number of hydrazone groups is 1. The maximum Gasteiger partial charge on any atom is 0.271 e. The first kappa shape index (κ1) is 16.8. The van der Waals surface area contributed by atoms with Gasteiger partial charge in [0, 0.05) is 15.6 Å². The number of methoxy groups -OCH3 is 2. The summed E-state index contributed by atoms with van der Waals surface area (Å²) in [6, 6.07) is 9.43. The summed E-state index contributed by atoms with van der Waals surface area (Å²) in [5, 5.41) is 13.1. The van der Waals surface area contributed by atoms with Crippen LogP contribution in [0.4, 0.5) is 0 Å². The normalized spacial score (nSPS) is 10.6. The molecule has 120 valence electrons. The van der Waals surface area contributed by atoms with Gasteiger partial charge >= 0.3 is 0 Å². The second kappa shape index (κ2) is 7.64. The molecule has 2 aromatic rings. The SMILES string of the molecule is COc1cc(Br)cc(/C=N\NC(=O)c2ccc(O)cc2)c1OC. The van der Waals surface area contributed by atoms with Gasteiger partial charge in [0.1, 0.15) is 5.75 Å². The molecule has 0 heterocycles. The Morgan fingerprint density at radius 3 is 2.52 bits per heavy atom. The van der Waals surface area contributed by atoms with Gasteiger partial charge in [-0.2, -0.15) is 5.10 Å². The van der Waals surface area contributed by atoms with Gasteiger partial charge in [-0.05, 0) is 36.4 Å². The fourth-order valence-electron chi connectivity index (χ4n) is 1.89. The van der Waals surface area contributed by atoms with Crippen LogP contribution in [0, 0.1) is 0 Å².